The third-order valence-corrected chi connectivity index (χ3v) is 3.85. The molecule has 1 aromatic heterocycles. The van der Waals surface area contributed by atoms with E-state index in [9.17, 15) is 4.79 Å². The van der Waals surface area contributed by atoms with Crippen molar-refractivity contribution in [3.8, 4) is 11.1 Å². The molecule has 4 heteroatoms. The molecule has 0 saturated heterocycles. The fourth-order valence-electron chi connectivity index (χ4n) is 2.69. The lowest BCUT2D eigenvalue weighted by molar-refractivity contribution is 1.17. The summed E-state index contributed by atoms with van der Waals surface area (Å²) in [6.07, 6.45) is 0. The molecular weight excluding hydrogens is 298 g/mol. The molecule has 0 saturated carbocycles. The van der Waals surface area contributed by atoms with Gasteiger partial charge in [-0.2, -0.15) is 0 Å². The molecule has 0 aliphatic carbocycles. The zero-order valence-corrected chi connectivity index (χ0v) is 12.9. The molecule has 2 N–H and O–H groups in total. The van der Waals surface area contributed by atoms with Gasteiger partial charge < -0.3 is 5.32 Å². The highest BCUT2D eigenvalue weighted by Gasteiger charge is 2.04. The van der Waals surface area contributed by atoms with Crippen LogP contribution in [-0.2, 0) is 0 Å². The van der Waals surface area contributed by atoms with Gasteiger partial charge in [0.2, 0.25) is 5.95 Å². The van der Waals surface area contributed by atoms with Crippen LogP contribution in [0.3, 0.4) is 0 Å². The number of aromatic amines is 1. The lowest BCUT2D eigenvalue weighted by atomic mass is 10.1. The van der Waals surface area contributed by atoms with Crippen molar-refractivity contribution in [2.24, 2.45) is 0 Å². The minimum absolute atomic E-state index is 0.151. The third kappa shape index (κ3) is 2.77. The highest BCUT2D eigenvalue weighted by atomic mass is 16.1. The molecule has 0 spiro atoms. The normalized spacial score (nSPS) is 10.7. The van der Waals surface area contributed by atoms with E-state index < -0.39 is 0 Å². The number of aromatic nitrogens is 2. The number of anilines is 2. The van der Waals surface area contributed by atoms with Crippen molar-refractivity contribution in [2.45, 2.75) is 0 Å². The van der Waals surface area contributed by atoms with Crippen LogP contribution in [0.5, 0.6) is 0 Å². The average Bonchev–Trinajstić information content (AvgIpc) is 2.63. The molecule has 116 valence electrons. The van der Waals surface area contributed by atoms with Gasteiger partial charge in [0.25, 0.3) is 5.56 Å². The quantitative estimate of drug-likeness (QED) is 0.592. The number of benzene rings is 3. The summed E-state index contributed by atoms with van der Waals surface area (Å²) < 4.78 is 0. The second kappa shape index (κ2) is 6.01. The van der Waals surface area contributed by atoms with Gasteiger partial charge in [-0.25, -0.2) is 4.98 Å². The summed E-state index contributed by atoms with van der Waals surface area (Å²) >= 11 is 0. The van der Waals surface area contributed by atoms with E-state index in [-0.39, 0.29) is 5.56 Å². The Morgan fingerprint density at radius 3 is 2.42 bits per heavy atom. The number of rotatable bonds is 3. The molecule has 0 aliphatic rings. The minimum atomic E-state index is -0.151. The van der Waals surface area contributed by atoms with E-state index in [1.807, 2.05) is 54.6 Å². The zero-order valence-electron chi connectivity index (χ0n) is 12.9. The third-order valence-electron chi connectivity index (χ3n) is 3.85. The van der Waals surface area contributed by atoms with E-state index in [0.29, 0.717) is 16.9 Å². The number of H-pyrrole nitrogens is 1. The van der Waals surface area contributed by atoms with Crippen LogP contribution in [0.4, 0.5) is 11.6 Å². The number of hydrogen-bond donors (Lipinski definition) is 2. The van der Waals surface area contributed by atoms with Crippen LogP contribution in [0.2, 0.25) is 0 Å². The molecule has 4 aromatic rings. The Kier molecular flexibility index (Phi) is 3.56. The first kappa shape index (κ1) is 14.2. The van der Waals surface area contributed by atoms with Gasteiger partial charge in [0.05, 0.1) is 10.9 Å². The summed E-state index contributed by atoms with van der Waals surface area (Å²) in [6.45, 7) is 0. The fourth-order valence-corrected chi connectivity index (χ4v) is 2.69. The second-order valence-electron chi connectivity index (χ2n) is 5.50. The zero-order chi connectivity index (χ0) is 16.4. The number of fused-ring (bicyclic) bond motifs is 1. The Morgan fingerprint density at radius 2 is 1.54 bits per heavy atom. The predicted molar refractivity (Wildman–Crippen MR) is 97.5 cm³/mol. The van der Waals surface area contributed by atoms with Gasteiger partial charge in [-0.1, -0.05) is 54.6 Å². The Balaban J connectivity index is 1.70. The lowest BCUT2D eigenvalue weighted by Crippen LogP contribution is -2.11. The summed E-state index contributed by atoms with van der Waals surface area (Å²) in [5.41, 5.74) is 3.63. The van der Waals surface area contributed by atoms with Crippen LogP contribution in [0.15, 0.2) is 83.7 Å². The van der Waals surface area contributed by atoms with E-state index in [0.717, 1.165) is 16.8 Å². The predicted octanol–water partition coefficient (Wildman–Crippen LogP) is 4.33. The maximum absolute atomic E-state index is 12.1. The Labute approximate surface area is 138 Å². The van der Waals surface area contributed by atoms with Gasteiger partial charge in [0, 0.05) is 5.69 Å². The van der Waals surface area contributed by atoms with Gasteiger partial charge in [0.1, 0.15) is 0 Å². The SMILES string of the molecule is O=c1[nH]c(Nc2cccc(-c3ccccc3)c2)nc2ccccc12. The maximum atomic E-state index is 12.1. The molecule has 24 heavy (non-hydrogen) atoms. The Morgan fingerprint density at radius 1 is 0.792 bits per heavy atom. The van der Waals surface area contributed by atoms with Crippen molar-refractivity contribution < 1.29 is 0 Å². The van der Waals surface area contributed by atoms with Crippen LogP contribution < -0.4 is 10.9 Å². The van der Waals surface area contributed by atoms with Crippen molar-refractivity contribution in [3.63, 3.8) is 0 Å². The van der Waals surface area contributed by atoms with Crippen LogP contribution in [0.1, 0.15) is 0 Å². The first-order valence-electron chi connectivity index (χ1n) is 7.71. The summed E-state index contributed by atoms with van der Waals surface area (Å²) in [5, 5.41) is 3.76. The van der Waals surface area contributed by atoms with Gasteiger partial charge in [-0.3, -0.25) is 9.78 Å². The summed E-state index contributed by atoms with van der Waals surface area (Å²) in [6, 6.07) is 25.4. The first-order chi connectivity index (χ1) is 11.8. The summed E-state index contributed by atoms with van der Waals surface area (Å²) in [7, 11) is 0. The van der Waals surface area contributed by atoms with E-state index in [1.54, 1.807) is 6.07 Å². The number of para-hydroxylation sites is 1. The lowest BCUT2D eigenvalue weighted by Gasteiger charge is -2.08. The van der Waals surface area contributed by atoms with Crippen molar-refractivity contribution >= 4 is 22.5 Å². The van der Waals surface area contributed by atoms with Gasteiger partial charge in [-0.15, -0.1) is 0 Å². The topological polar surface area (TPSA) is 57.8 Å². The standard InChI is InChI=1S/C20H15N3O/c24-19-17-11-4-5-12-18(17)22-20(23-19)21-16-10-6-9-15(13-16)14-7-2-1-3-8-14/h1-13H,(H2,21,22,23,24). The summed E-state index contributed by atoms with van der Waals surface area (Å²) in [4.78, 5) is 19.4. The van der Waals surface area contributed by atoms with Gasteiger partial charge in [0.15, 0.2) is 0 Å². The van der Waals surface area contributed by atoms with Crippen LogP contribution >= 0.6 is 0 Å². The van der Waals surface area contributed by atoms with E-state index in [4.69, 9.17) is 0 Å². The molecule has 4 rings (SSSR count). The van der Waals surface area contributed by atoms with Crippen molar-refractivity contribution in [1.29, 1.82) is 0 Å². The first-order valence-corrected chi connectivity index (χ1v) is 7.71. The number of nitrogens with zero attached hydrogens (tertiary/aromatic N) is 1. The summed E-state index contributed by atoms with van der Waals surface area (Å²) in [5.74, 6) is 0.434. The Hall–Kier alpha value is -3.40. The molecule has 0 radical (unpaired) electrons. The molecule has 0 aliphatic heterocycles. The van der Waals surface area contributed by atoms with Gasteiger partial charge >= 0.3 is 0 Å². The van der Waals surface area contributed by atoms with E-state index in [2.05, 4.69) is 33.5 Å². The molecule has 1 heterocycles. The van der Waals surface area contributed by atoms with Crippen LogP contribution in [0, 0.1) is 0 Å². The highest BCUT2D eigenvalue weighted by molar-refractivity contribution is 5.79. The maximum Gasteiger partial charge on any atom is 0.260 e. The average molecular weight is 313 g/mol. The smallest absolute Gasteiger partial charge is 0.260 e. The molecule has 0 unspecified atom stereocenters. The molecule has 0 amide bonds. The molecular formula is C20H15N3O. The number of hydrogen-bond acceptors (Lipinski definition) is 3. The highest BCUT2D eigenvalue weighted by Crippen LogP contribution is 2.23. The van der Waals surface area contributed by atoms with Crippen LogP contribution in [-0.4, -0.2) is 9.97 Å². The van der Waals surface area contributed by atoms with Crippen molar-refractivity contribution in [3.05, 3.63) is 89.2 Å². The van der Waals surface area contributed by atoms with Crippen LogP contribution in [0.25, 0.3) is 22.0 Å². The van der Waals surface area contributed by atoms with Crippen molar-refractivity contribution in [2.75, 3.05) is 5.32 Å². The van der Waals surface area contributed by atoms with E-state index in [1.165, 1.54) is 0 Å². The van der Waals surface area contributed by atoms with Crippen molar-refractivity contribution in [1.82, 2.24) is 9.97 Å². The Bertz CT molecular complexity index is 1050. The second-order valence-corrected chi connectivity index (χ2v) is 5.50. The monoisotopic (exact) mass is 313 g/mol. The molecule has 3 aromatic carbocycles. The molecule has 0 atom stereocenters. The fraction of sp³-hybridized carbons (Fsp3) is 0. The molecule has 4 nitrogen and oxygen atoms in total. The molecule has 0 bridgehead atoms. The largest absolute Gasteiger partial charge is 0.326 e. The van der Waals surface area contributed by atoms with Gasteiger partial charge in [-0.05, 0) is 35.4 Å². The number of nitrogens with one attached hydrogen (secondary N) is 2. The van der Waals surface area contributed by atoms with E-state index >= 15 is 0 Å². The minimum Gasteiger partial charge on any atom is -0.326 e. The molecule has 0 fully saturated rings.